The molecule has 1 rings (SSSR count). The number of hydrogen-bond acceptors (Lipinski definition) is 2. The standard InChI is InChI=1S/C11H15ClFNO2S/c1-14(11-7-3-2-6-10(11)13)17(15,16)9-5-4-8-12/h2-3,6-7H,4-5,8-9H2,1H3. The second-order valence-electron chi connectivity index (χ2n) is 3.63. The smallest absolute Gasteiger partial charge is 0.234 e. The summed E-state index contributed by atoms with van der Waals surface area (Å²) in [6.07, 6.45) is 1.11. The fraction of sp³-hybridized carbons (Fsp3) is 0.455. The van der Waals surface area contributed by atoms with Gasteiger partial charge >= 0.3 is 0 Å². The summed E-state index contributed by atoms with van der Waals surface area (Å²) < 4.78 is 38.2. The van der Waals surface area contributed by atoms with E-state index in [0.29, 0.717) is 18.7 Å². The van der Waals surface area contributed by atoms with Crippen LogP contribution in [-0.2, 0) is 10.0 Å². The van der Waals surface area contributed by atoms with Gasteiger partial charge in [0.1, 0.15) is 5.82 Å². The van der Waals surface area contributed by atoms with Gasteiger partial charge in [0.05, 0.1) is 11.4 Å². The maximum atomic E-state index is 13.4. The molecule has 0 spiro atoms. The van der Waals surface area contributed by atoms with E-state index in [1.54, 1.807) is 6.07 Å². The molecule has 0 saturated carbocycles. The van der Waals surface area contributed by atoms with Crippen LogP contribution in [0.1, 0.15) is 12.8 Å². The lowest BCUT2D eigenvalue weighted by molar-refractivity contribution is 0.586. The zero-order valence-electron chi connectivity index (χ0n) is 9.57. The third-order valence-electron chi connectivity index (χ3n) is 2.39. The molecule has 0 bridgehead atoms. The van der Waals surface area contributed by atoms with Gasteiger partial charge in [-0.1, -0.05) is 12.1 Å². The van der Waals surface area contributed by atoms with Crippen molar-refractivity contribution >= 4 is 27.3 Å². The summed E-state index contributed by atoms with van der Waals surface area (Å²) in [7, 11) is -2.12. The van der Waals surface area contributed by atoms with Gasteiger partial charge in [0, 0.05) is 12.9 Å². The number of unbranched alkanes of at least 4 members (excludes halogenated alkanes) is 1. The number of alkyl halides is 1. The average Bonchev–Trinajstić information content (AvgIpc) is 2.29. The van der Waals surface area contributed by atoms with E-state index in [1.165, 1.54) is 25.2 Å². The number of rotatable bonds is 6. The molecule has 0 aliphatic carbocycles. The number of sulfonamides is 1. The number of anilines is 1. The minimum atomic E-state index is -3.47. The fourth-order valence-electron chi connectivity index (χ4n) is 1.37. The van der Waals surface area contributed by atoms with Gasteiger partial charge in [-0.05, 0) is 25.0 Å². The Hall–Kier alpha value is -0.810. The minimum absolute atomic E-state index is 0.0233. The summed E-state index contributed by atoms with van der Waals surface area (Å²) in [5.41, 5.74) is 0.0679. The first-order chi connectivity index (χ1) is 7.99. The molecule has 0 unspecified atom stereocenters. The molecule has 0 N–H and O–H groups in total. The SMILES string of the molecule is CN(c1ccccc1F)S(=O)(=O)CCCCCl. The molecular weight excluding hydrogens is 265 g/mol. The molecule has 0 saturated heterocycles. The van der Waals surface area contributed by atoms with E-state index >= 15 is 0 Å². The van der Waals surface area contributed by atoms with E-state index in [9.17, 15) is 12.8 Å². The van der Waals surface area contributed by atoms with Crippen molar-refractivity contribution < 1.29 is 12.8 Å². The Morgan fingerprint density at radius 3 is 2.53 bits per heavy atom. The topological polar surface area (TPSA) is 37.4 Å². The quantitative estimate of drug-likeness (QED) is 0.593. The van der Waals surface area contributed by atoms with Crippen LogP contribution < -0.4 is 4.31 Å². The third kappa shape index (κ3) is 3.85. The first-order valence-corrected chi connectivity index (χ1v) is 7.40. The van der Waals surface area contributed by atoms with Gasteiger partial charge in [0.2, 0.25) is 10.0 Å². The number of hydrogen-bond donors (Lipinski definition) is 0. The van der Waals surface area contributed by atoms with E-state index in [0.717, 1.165) is 4.31 Å². The number of halogens is 2. The molecular formula is C11H15ClFNO2S. The lowest BCUT2D eigenvalue weighted by atomic mass is 10.3. The number of para-hydroxylation sites is 1. The molecule has 0 atom stereocenters. The Bertz CT molecular complexity index is 464. The molecule has 0 heterocycles. The summed E-state index contributed by atoms with van der Waals surface area (Å²) in [6.45, 7) is 0. The lowest BCUT2D eigenvalue weighted by Gasteiger charge is -2.19. The highest BCUT2D eigenvalue weighted by molar-refractivity contribution is 7.92. The molecule has 17 heavy (non-hydrogen) atoms. The molecule has 0 fully saturated rings. The van der Waals surface area contributed by atoms with Gasteiger partial charge in [0.25, 0.3) is 0 Å². The van der Waals surface area contributed by atoms with Crippen molar-refractivity contribution in [1.29, 1.82) is 0 Å². The van der Waals surface area contributed by atoms with Gasteiger partial charge in [0.15, 0.2) is 0 Å². The molecule has 1 aromatic carbocycles. The number of benzene rings is 1. The third-order valence-corrected chi connectivity index (χ3v) is 4.50. The van der Waals surface area contributed by atoms with Gasteiger partial charge in [-0.3, -0.25) is 4.31 Å². The first kappa shape index (κ1) is 14.3. The van der Waals surface area contributed by atoms with Gasteiger partial charge in [-0.2, -0.15) is 0 Å². The van der Waals surface area contributed by atoms with E-state index in [1.807, 2.05) is 0 Å². The Balaban J connectivity index is 2.82. The molecule has 1 aromatic rings. The second kappa shape index (κ2) is 6.21. The summed E-state index contributed by atoms with van der Waals surface area (Å²) >= 11 is 5.48. The van der Waals surface area contributed by atoms with E-state index in [4.69, 9.17) is 11.6 Å². The predicted octanol–water partition coefficient (Wildman–Crippen LogP) is 2.61. The molecule has 3 nitrogen and oxygen atoms in total. The van der Waals surface area contributed by atoms with Crippen LogP contribution >= 0.6 is 11.6 Å². The Morgan fingerprint density at radius 1 is 1.29 bits per heavy atom. The van der Waals surface area contributed by atoms with Crippen molar-refractivity contribution in [2.75, 3.05) is 23.0 Å². The summed E-state index contributed by atoms with van der Waals surface area (Å²) in [5, 5.41) is 0. The predicted molar refractivity (Wildman–Crippen MR) is 68.5 cm³/mol. The average molecular weight is 280 g/mol. The molecule has 6 heteroatoms. The molecule has 0 aliphatic rings. The Labute approximate surface area is 106 Å². The van der Waals surface area contributed by atoms with Gasteiger partial charge < -0.3 is 0 Å². The maximum Gasteiger partial charge on any atom is 0.234 e. The maximum absolute atomic E-state index is 13.4. The van der Waals surface area contributed by atoms with Crippen molar-refractivity contribution in [1.82, 2.24) is 0 Å². The van der Waals surface area contributed by atoms with Crippen LogP contribution in [0.15, 0.2) is 24.3 Å². The molecule has 96 valence electrons. The van der Waals surface area contributed by atoms with Crippen molar-refractivity contribution in [3.63, 3.8) is 0 Å². The largest absolute Gasteiger partial charge is 0.270 e. The van der Waals surface area contributed by atoms with Gasteiger partial charge in [-0.15, -0.1) is 11.6 Å². The normalized spacial score (nSPS) is 11.5. The van der Waals surface area contributed by atoms with E-state index < -0.39 is 15.8 Å². The Kier molecular flexibility index (Phi) is 5.21. The Morgan fingerprint density at radius 2 is 1.94 bits per heavy atom. The first-order valence-electron chi connectivity index (χ1n) is 5.26. The van der Waals surface area contributed by atoms with Crippen LogP contribution in [-0.4, -0.2) is 27.1 Å². The zero-order valence-corrected chi connectivity index (χ0v) is 11.1. The minimum Gasteiger partial charge on any atom is -0.270 e. The van der Waals surface area contributed by atoms with Crippen molar-refractivity contribution in [3.05, 3.63) is 30.1 Å². The molecule has 0 radical (unpaired) electrons. The highest BCUT2D eigenvalue weighted by atomic mass is 35.5. The number of nitrogens with zero attached hydrogens (tertiary/aromatic N) is 1. The van der Waals surface area contributed by atoms with Crippen LogP contribution in [0, 0.1) is 5.82 Å². The summed E-state index contributed by atoms with van der Waals surface area (Å²) in [5.74, 6) is -0.139. The second-order valence-corrected chi connectivity index (χ2v) is 6.13. The fourth-order valence-corrected chi connectivity index (χ4v) is 2.85. The van der Waals surface area contributed by atoms with Crippen LogP contribution in [0.4, 0.5) is 10.1 Å². The highest BCUT2D eigenvalue weighted by Crippen LogP contribution is 2.20. The van der Waals surface area contributed by atoms with Crippen LogP contribution in [0.5, 0.6) is 0 Å². The van der Waals surface area contributed by atoms with Crippen molar-refractivity contribution in [2.24, 2.45) is 0 Å². The van der Waals surface area contributed by atoms with Crippen molar-refractivity contribution in [2.45, 2.75) is 12.8 Å². The van der Waals surface area contributed by atoms with Gasteiger partial charge in [-0.25, -0.2) is 12.8 Å². The van der Waals surface area contributed by atoms with Crippen molar-refractivity contribution in [3.8, 4) is 0 Å². The highest BCUT2D eigenvalue weighted by Gasteiger charge is 2.20. The lowest BCUT2D eigenvalue weighted by Crippen LogP contribution is -2.29. The van der Waals surface area contributed by atoms with Crippen LogP contribution in [0.25, 0.3) is 0 Å². The summed E-state index contributed by atoms with van der Waals surface area (Å²) in [6, 6.07) is 5.80. The molecule has 0 aliphatic heterocycles. The summed E-state index contributed by atoms with van der Waals surface area (Å²) in [4.78, 5) is 0. The van der Waals surface area contributed by atoms with Crippen LogP contribution in [0.2, 0.25) is 0 Å². The molecule has 0 aromatic heterocycles. The zero-order chi connectivity index (χ0) is 12.9. The monoisotopic (exact) mass is 279 g/mol. The van der Waals surface area contributed by atoms with Crippen LogP contribution in [0.3, 0.4) is 0 Å². The van der Waals surface area contributed by atoms with E-state index in [2.05, 4.69) is 0 Å². The van der Waals surface area contributed by atoms with E-state index in [-0.39, 0.29) is 11.4 Å². The molecule has 0 amide bonds.